The van der Waals surface area contributed by atoms with E-state index in [1.165, 1.54) is 50.9 Å². The van der Waals surface area contributed by atoms with Crippen LogP contribution in [0, 0.1) is 5.92 Å². The third-order valence-corrected chi connectivity index (χ3v) is 5.07. The fourth-order valence-corrected chi connectivity index (χ4v) is 3.32. The number of hydrogen-bond acceptors (Lipinski definition) is 2. The van der Waals surface area contributed by atoms with Gasteiger partial charge in [0.1, 0.15) is 0 Å². The van der Waals surface area contributed by atoms with Crippen LogP contribution in [0.2, 0.25) is 0 Å². The third kappa shape index (κ3) is 8.39. The summed E-state index contributed by atoms with van der Waals surface area (Å²) in [6, 6.07) is 10.7. The third-order valence-electron chi connectivity index (χ3n) is 5.07. The standard InChI is InChI=1S/C21H36N4/c1-19-12-17-25(18-13-19)16-7-6-14-23-21(22-2)24-15-8-11-20-9-4-3-5-10-20/h3-5,9-10,19H,6-8,11-18H2,1-2H3,(H2,22,23,24). The molecule has 0 spiro atoms. The molecule has 1 fully saturated rings. The first kappa shape index (κ1) is 19.8. The quantitative estimate of drug-likeness (QED) is 0.410. The number of nitrogens with zero attached hydrogens (tertiary/aromatic N) is 2. The van der Waals surface area contributed by atoms with Crippen LogP contribution in [0.5, 0.6) is 0 Å². The molecule has 1 aliphatic heterocycles. The van der Waals surface area contributed by atoms with Crippen LogP contribution in [0.15, 0.2) is 35.3 Å². The average molecular weight is 345 g/mol. The van der Waals surface area contributed by atoms with Crippen LogP contribution in [0.4, 0.5) is 0 Å². The molecular formula is C21H36N4. The molecule has 1 aliphatic rings. The maximum absolute atomic E-state index is 4.31. The van der Waals surface area contributed by atoms with Gasteiger partial charge in [0.25, 0.3) is 0 Å². The second-order valence-corrected chi connectivity index (χ2v) is 7.25. The molecule has 0 aromatic heterocycles. The molecule has 1 saturated heterocycles. The van der Waals surface area contributed by atoms with Crippen LogP contribution in [-0.4, -0.2) is 50.6 Å². The van der Waals surface area contributed by atoms with E-state index in [2.05, 4.69) is 57.8 Å². The number of aryl methyl sites for hydroxylation is 1. The van der Waals surface area contributed by atoms with E-state index in [4.69, 9.17) is 0 Å². The van der Waals surface area contributed by atoms with Gasteiger partial charge in [0, 0.05) is 20.1 Å². The van der Waals surface area contributed by atoms with E-state index in [1.54, 1.807) is 0 Å². The van der Waals surface area contributed by atoms with Gasteiger partial charge in [-0.1, -0.05) is 37.3 Å². The molecule has 25 heavy (non-hydrogen) atoms. The fraction of sp³-hybridized carbons (Fsp3) is 0.667. The lowest BCUT2D eigenvalue weighted by molar-refractivity contribution is 0.189. The van der Waals surface area contributed by atoms with Gasteiger partial charge in [0.15, 0.2) is 5.96 Å². The Kier molecular flexibility index (Phi) is 9.42. The lowest BCUT2D eigenvalue weighted by Gasteiger charge is -2.30. The molecule has 0 saturated carbocycles. The van der Waals surface area contributed by atoms with Gasteiger partial charge in [-0.05, 0) is 69.6 Å². The Morgan fingerprint density at radius 3 is 2.40 bits per heavy atom. The minimum absolute atomic E-state index is 0.925. The number of guanidine groups is 1. The summed E-state index contributed by atoms with van der Waals surface area (Å²) in [6.45, 7) is 8.17. The van der Waals surface area contributed by atoms with Crippen molar-refractivity contribution in [2.75, 3.05) is 39.8 Å². The zero-order valence-electron chi connectivity index (χ0n) is 16.1. The first-order valence-electron chi connectivity index (χ1n) is 9.98. The summed E-state index contributed by atoms with van der Waals surface area (Å²) in [7, 11) is 1.85. The molecule has 0 bridgehead atoms. The zero-order valence-corrected chi connectivity index (χ0v) is 16.1. The van der Waals surface area contributed by atoms with E-state index in [0.29, 0.717) is 0 Å². The number of unbranched alkanes of at least 4 members (excludes halogenated alkanes) is 1. The van der Waals surface area contributed by atoms with Crippen LogP contribution in [-0.2, 0) is 6.42 Å². The molecule has 2 rings (SSSR count). The number of piperidine rings is 1. The molecule has 0 amide bonds. The Balaban J connectivity index is 1.47. The predicted molar refractivity (Wildman–Crippen MR) is 108 cm³/mol. The molecule has 0 unspecified atom stereocenters. The monoisotopic (exact) mass is 344 g/mol. The molecule has 0 aliphatic carbocycles. The normalized spacial score (nSPS) is 16.8. The Labute approximate surface area is 154 Å². The highest BCUT2D eigenvalue weighted by molar-refractivity contribution is 5.79. The molecule has 0 radical (unpaired) electrons. The lowest BCUT2D eigenvalue weighted by atomic mass is 9.99. The number of benzene rings is 1. The first-order valence-corrected chi connectivity index (χ1v) is 9.98. The molecular weight excluding hydrogens is 308 g/mol. The van der Waals surface area contributed by atoms with Gasteiger partial charge in [-0.25, -0.2) is 0 Å². The van der Waals surface area contributed by atoms with Gasteiger partial charge >= 0.3 is 0 Å². The summed E-state index contributed by atoms with van der Waals surface area (Å²) < 4.78 is 0. The highest BCUT2D eigenvalue weighted by Gasteiger charge is 2.14. The van der Waals surface area contributed by atoms with Crippen molar-refractivity contribution in [2.45, 2.75) is 45.4 Å². The van der Waals surface area contributed by atoms with Gasteiger partial charge in [0.2, 0.25) is 0 Å². The van der Waals surface area contributed by atoms with Crippen molar-refractivity contribution in [1.82, 2.24) is 15.5 Å². The number of rotatable bonds is 9. The van der Waals surface area contributed by atoms with Crippen molar-refractivity contribution in [3.63, 3.8) is 0 Å². The van der Waals surface area contributed by atoms with Gasteiger partial charge in [-0.15, -0.1) is 0 Å². The second-order valence-electron chi connectivity index (χ2n) is 7.25. The minimum atomic E-state index is 0.925. The summed E-state index contributed by atoms with van der Waals surface area (Å²) in [5, 5.41) is 6.85. The van der Waals surface area contributed by atoms with E-state index in [0.717, 1.165) is 37.8 Å². The van der Waals surface area contributed by atoms with Gasteiger partial charge in [0.05, 0.1) is 0 Å². The summed E-state index contributed by atoms with van der Waals surface area (Å²) in [4.78, 5) is 6.93. The topological polar surface area (TPSA) is 39.7 Å². The van der Waals surface area contributed by atoms with Crippen molar-refractivity contribution in [3.05, 3.63) is 35.9 Å². The van der Waals surface area contributed by atoms with Crippen molar-refractivity contribution < 1.29 is 0 Å². The number of aliphatic imine (C=N–C) groups is 1. The molecule has 1 aromatic carbocycles. The highest BCUT2D eigenvalue weighted by atomic mass is 15.2. The SMILES string of the molecule is CN=C(NCCCCN1CCC(C)CC1)NCCCc1ccccc1. The Hall–Kier alpha value is -1.55. The average Bonchev–Trinajstić information content (AvgIpc) is 2.65. The van der Waals surface area contributed by atoms with Gasteiger partial charge in [-0.3, -0.25) is 4.99 Å². The summed E-state index contributed by atoms with van der Waals surface area (Å²) >= 11 is 0. The molecule has 2 N–H and O–H groups in total. The molecule has 1 aromatic rings. The van der Waals surface area contributed by atoms with Crippen LogP contribution in [0.3, 0.4) is 0 Å². The van der Waals surface area contributed by atoms with Crippen LogP contribution in [0.25, 0.3) is 0 Å². The summed E-state index contributed by atoms with van der Waals surface area (Å²) in [6.07, 6.45) is 7.45. The van der Waals surface area contributed by atoms with Crippen LogP contribution in [0.1, 0.15) is 44.6 Å². The summed E-state index contributed by atoms with van der Waals surface area (Å²) in [5.74, 6) is 1.86. The molecule has 0 atom stereocenters. The molecule has 4 heteroatoms. The minimum Gasteiger partial charge on any atom is -0.356 e. The largest absolute Gasteiger partial charge is 0.356 e. The molecule has 1 heterocycles. The fourth-order valence-electron chi connectivity index (χ4n) is 3.32. The van der Waals surface area contributed by atoms with Gasteiger partial charge in [-0.2, -0.15) is 0 Å². The van der Waals surface area contributed by atoms with Crippen molar-refractivity contribution in [1.29, 1.82) is 0 Å². The maximum atomic E-state index is 4.31. The first-order chi connectivity index (χ1) is 12.3. The number of nitrogens with one attached hydrogen (secondary N) is 2. The number of hydrogen-bond donors (Lipinski definition) is 2. The zero-order chi connectivity index (χ0) is 17.7. The number of likely N-dealkylation sites (tertiary alicyclic amines) is 1. The lowest BCUT2D eigenvalue weighted by Crippen LogP contribution is -2.38. The van der Waals surface area contributed by atoms with Crippen molar-refractivity contribution in [3.8, 4) is 0 Å². The van der Waals surface area contributed by atoms with Crippen LogP contribution < -0.4 is 10.6 Å². The van der Waals surface area contributed by atoms with E-state index in [9.17, 15) is 0 Å². The predicted octanol–water partition coefficient (Wildman–Crippen LogP) is 3.30. The van der Waals surface area contributed by atoms with Crippen molar-refractivity contribution >= 4 is 5.96 Å². The smallest absolute Gasteiger partial charge is 0.190 e. The second kappa shape index (κ2) is 11.9. The van der Waals surface area contributed by atoms with E-state index < -0.39 is 0 Å². The Morgan fingerprint density at radius 1 is 1.04 bits per heavy atom. The van der Waals surface area contributed by atoms with E-state index in [-0.39, 0.29) is 0 Å². The molecule has 4 nitrogen and oxygen atoms in total. The van der Waals surface area contributed by atoms with Gasteiger partial charge < -0.3 is 15.5 Å². The van der Waals surface area contributed by atoms with E-state index >= 15 is 0 Å². The van der Waals surface area contributed by atoms with Crippen molar-refractivity contribution in [2.24, 2.45) is 10.9 Å². The summed E-state index contributed by atoms with van der Waals surface area (Å²) in [5.41, 5.74) is 1.40. The highest BCUT2D eigenvalue weighted by Crippen LogP contribution is 2.15. The van der Waals surface area contributed by atoms with E-state index in [1.807, 2.05) is 7.05 Å². The van der Waals surface area contributed by atoms with Crippen LogP contribution >= 0.6 is 0 Å². The Morgan fingerprint density at radius 2 is 1.72 bits per heavy atom. The Bertz CT molecular complexity index is 478. The molecule has 140 valence electrons. The maximum Gasteiger partial charge on any atom is 0.190 e.